The number of ether oxygens (including phenoxy) is 2. The molecule has 0 spiro atoms. The molecule has 0 bridgehead atoms. The maximum absolute atomic E-state index is 12.5. The van der Waals surface area contributed by atoms with Crippen molar-refractivity contribution in [3.63, 3.8) is 0 Å². The molecule has 2 rings (SSSR count). The van der Waals surface area contributed by atoms with Gasteiger partial charge in [0.05, 0.1) is 25.2 Å². The Hall–Kier alpha value is -2.53. The van der Waals surface area contributed by atoms with Gasteiger partial charge in [0.15, 0.2) is 0 Å². The molecule has 0 saturated carbocycles. The second-order valence-corrected chi connectivity index (χ2v) is 5.64. The Balaban J connectivity index is 2.08. The number of rotatable bonds is 7. The highest BCUT2D eigenvalue weighted by atomic mass is 35.5. The van der Waals surface area contributed by atoms with E-state index in [1.165, 1.54) is 0 Å². The summed E-state index contributed by atoms with van der Waals surface area (Å²) >= 11 is 5.98. The van der Waals surface area contributed by atoms with E-state index in [1.54, 1.807) is 49.4 Å². The van der Waals surface area contributed by atoms with E-state index in [9.17, 15) is 9.59 Å². The lowest BCUT2D eigenvalue weighted by molar-refractivity contribution is -0.142. The average Bonchev–Trinajstić information content (AvgIpc) is 2.58. The quantitative estimate of drug-likeness (QED) is 0.754. The van der Waals surface area contributed by atoms with Gasteiger partial charge in [-0.2, -0.15) is 0 Å². The number of nitrogens with one attached hydrogen (secondary N) is 1. The van der Waals surface area contributed by atoms with Gasteiger partial charge < -0.3 is 14.8 Å². The van der Waals surface area contributed by atoms with Crippen LogP contribution < -0.4 is 10.1 Å². The van der Waals surface area contributed by atoms with Crippen LogP contribution >= 0.6 is 11.6 Å². The Bertz CT molecular complexity index is 744. The van der Waals surface area contributed by atoms with E-state index >= 15 is 0 Å². The predicted octanol–water partition coefficient (Wildman–Crippen LogP) is 4.10. The molecule has 5 nitrogen and oxygen atoms in total. The van der Waals surface area contributed by atoms with E-state index in [-0.39, 0.29) is 18.3 Å². The second-order valence-electron chi connectivity index (χ2n) is 5.21. The van der Waals surface area contributed by atoms with Gasteiger partial charge in [-0.05, 0) is 49.7 Å². The lowest BCUT2D eigenvalue weighted by Crippen LogP contribution is -2.14. The van der Waals surface area contributed by atoms with Crippen molar-refractivity contribution in [1.82, 2.24) is 0 Å². The van der Waals surface area contributed by atoms with Crippen molar-refractivity contribution in [2.45, 2.75) is 20.3 Å². The highest BCUT2D eigenvalue weighted by Crippen LogP contribution is 2.24. The molecular weight excluding hydrogens is 342 g/mol. The zero-order valence-corrected chi connectivity index (χ0v) is 14.9. The van der Waals surface area contributed by atoms with E-state index < -0.39 is 0 Å². The van der Waals surface area contributed by atoms with Crippen molar-refractivity contribution in [1.29, 1.82) is 0 Å². The number of carbonyl (C=O) groups is 2. The maximum Gasteiger partial charge on any atom is 0.310 e. The topological polar surface area (TPSA) is 64.6 Å². The summed E-state index contributed by atoms with van der Waals surface area (Å²) in [5.41, 5.74) is 1.79. The van der Waals surface area contributed by atoms with E-state index in [1.807, 2.05) is 6.92 Å². The molecule has 25 heavy (non-hydrogen) atoms. The molecule has 0 unspecified atom stereocenters. The van der Waals surface area contributed by atoms with Crippen LogP contribution in [0.3, 0.4) is 0 Å². The van der Waals surface area contributed by atoms with Crippen molar-refractivity contribution in [2.24, 2.45) is 0 Å². The summed E-state index contributed by atoms with van der Waals surface area (Å²) in [4.78, 5) is 24.0. The third kappa shape index (κ3) is 5.50. The summed E-state index contributed by atoms with van der Waals surface area (Å²) in [5, 5.41) is 3.25. The van der Waals surface area contributed by atoms with E-state index in [0.717, 1.165) is 5.56 Å². The maximum atomic E-state index is 12.5. The summed E-state index contributed by atoms with van der Waals surface area (Å²) in [7, 11) is 0. The summed E-state index contributed by atoms with van der Waals surface area (Å²) in [5.74, 6) is -0.119. The summed E-state index contributed by atoms with van der Waals surface area (Å²) in [6, 6.07) is 11.9. The number of hydrogen-bond donors (Lipinski definition) is 1. The number of hydrogen-bond acceptors (Lipinski definition) is 4. The van der Waals surface area contributed by atoms with Gasteiger partial charge in [-0.1, -0.05) is 23.7 Å². The zero-order valence-electron chi connectivity index (χ0n) is 14.2. The van der Waals surface area contributed by atoms with Crippen molar-refractivity contribution in [3.8, 4) is 5.75 Å². The van der Waals surface area contributed by atoms with E-state index in [4.69, 9.17) is 21.1 Å². The number of anilines is 1. The first kappa shape index (κ1) is 18.8. The Labute approximate surface area is 151 Å². The number of esters is 1. The molecular formula is C19H20ClNO4. The van der Waals surface area contributed by atoms with Gasteiger partial charge in [0, 0.05) is 10.7 Å². The summed E-state index contributed by atoms with van der Waals surface area (Å²) < 4.78 is 10.4. The first-order valence-corrected chi connectivity index (χ1v) is 8.39. The number of amides is 1. The molecule has 2 aromatic rings. The van der Waals surface area contributed by atoms with Crippen molar-refractivity contribution >= 4 is 29.2 Å². The van der Waals surface area contributed by atoms with Crippen LogP contribution in [0.25, 0.3) is 0 Å². The van der Waals surface area contributed by atoms with Crippen LogP contribution in [-0.4, -0.2) is 25.1 Å². The lowest BCUT2D eigenvalue weighted by atomic mass is 10.1. The largest absolute Gasteiger partial charge is 0.493 e. The second kappa shape index (κ2) is 9.08. The first-order chi connectivity index (χ1) is 12.0. The SMILES string of the molecule is CCOC(=O)Cc1ccc(NC(=O)c2cc(Cl)ccc2OCC)cc1. The van der Waals surface area contributed by atoms with Crippen LogP contribution in [0.5, 0.6) is 5.75 Å². The van der Waals surface area contributed by atoms with Gasteiger partial charge in [-0.15, -0.1) is 0 Å². The third-order valence-corrected chi connectivity index (χ3v) is 3.59. The average molecular weight is 362 g/mol. The molecule has 2 aromatic carbocycles. The molecule has 0 fully saturated rings. The molecule has 1 N–H and O–H groups in total. The van der Waals surface area contributed by atoms with Crippen molar-refractivity contribution in [2.75, 3.05) is 18.5 Å². The van der Waals surface area contributed by atoms with Gasteiger partial charge in [0.2, 0.25) is 0 Å². The number of benzene rings is 2. The fourth-order valence-corrected chi connectivity index (χ4v) is 2.42. The van der Waals surface area contributed by atoms with Gasteiger partial charge in [0.1, 0.15) is 5.75 Å². The molecule has 1 amide bonds. The number of halogens is 1. The van der Waals surface area contributed by atoms with Crippen LogP contribution in [0, 0.1) is 0 Å². The van der Waals surface area contributed by atoms with Gasteiger partial charge in [-0.25, -0.2) is 0 Å². The van der Waals surface area contributed by atoms with Crippen LogP contribution in [0.4, 0.5) is 5.69 Å². The normalized spacial score (nSPS) is 10.2. The van der Waals surface area contributed by atoms with Crippen molar-refractivity contribution in [3.05, 3.63) is 58.6 Å². The molecule has 0 aliphatic carbocycles. The molecule has 0 radical (unpaired) electrons. The molecule has 0 aliphatic rings. The molecule has 0 aliphatic heterocycles. The van der Waals surface area contributed by atoms with Crippen LogP contribution in [0.1, 0.15) is 29.8 Å². The molecule has 132 valence electrons. The van der Waals surface area contributed by atoms with Gasteiger partial charge in [0.25, 0.3) is 5.91 Å². The number of carbonyl (C=O) groups excluding carboxylic acids is 2. The minimum absolute atomic E-state index is 0.199. The van der Waals surface area contributed by atoms with E-state index in [2.05, 4.69) is 5.32 Å². The predicted molar refractivity (Wildman–Crippen MR) is 97.4 cm³/mol. The van der Waals surface area contributed by atoms with Gasteiger partial charge >= 0.3 is 5.97 Å². The highest BCUT2D eigenvalue weighted by molar-refractivity contribution is 6.31. The minimum Gasteiger partial charge on any atom is -0.493 e. The monoisotopic (exact) mass is 361 g/mol. The van der Waals surface area contributed by atoms with Crippen LogP contribution in [-0.2, 0) is 16.0 Å². The van der Waals surface area contributed by atoms with Crippen molar-refractivity contribution < 1.29 is 19.1 Å². The Morgan fingerprint density at radius 3 is 2.40 bits per heavy atom. The highest BCUT2D eigenvalue weighted by Gasteiger charge is 2.14. The first-order valence-electron chi connectivity index (χ1n) is 8.01. The lowest BCUT2D eigenvalue weighted by Gasteiger charge is -2.11. The standard InChI is InChI=1S/C19H20ClNO4/c1-3-24-17-10-7-14(20)12-16(17)19(23)21-15-8-5-13(6-9-15)11-18(22)25-4-2/h5-10,12H,3-4,11H2,1-2H3,(H,21,23). The fourth-order valence-electron chi connectivity index (χ4n) is 2.24. The summed E-state index contributed by atoms with van der Waals surface area (Å²) in [6.45, 7) is 4.42. The van der Waals surface area contributed by atoms with Crippen LogP contribution in [0.2, 0.25) is 5.02 Å². The van der Waals surface area contributed by atoms with Crippen LogP contribution in [0.15, 0.2) is 42.5 Å². The zero-order chi connectivity index (χ0) is 18.2. The Morgan fingerprint density at radius 1 is 1.04 bits per heavy atom. The minimum atomic E-state index is -0.316. The smallest absolute Gasteiger partial charge is 0.310 e. The fraction of sp³-hybridized carbons (Fsp3) is 0.263. The Kier molecular flexibility index (Phi) is 6.83. The Morgan fingerprint density at radius 2 is 1.76 bits per heavy atom. The molecule has 0 heterocycles. The summed E-state index contributed by atoms with van der Waals surface area (Å²) in [6.07, 6.45) is 0.199. The third-order valence-electron chi connectivity index (χ3n) is 3.35. The molecule has 0 atom stereocenters. The van der Waals surface area contributed by atoms with E-state index in [0.29, 0.717) is 35.2 Å². The molecule has 6 heteroatoms. The molecule has 0 saturated heterocycles. The van der Waals surface area contributed by atoms with Gasteiger partial charge in [-0.3, -0.25) is 9.59 Å². The molecule has 0 aromatic heterocycles.